The molecule has 0 amide bonds. The van der Waals surface area contributed by atoms with Gasteiger partial charge in [0, 0.05) is 25.1 Å². The Balaban J connectivity index is 1.98. The Morgan fingerprint density at radius 1 is 1.03 bits per heavy atom. The first-order valence-electron chi connectivity index (χ1n) is 9.65. The van der Waals surface area contributed by atoms with Crippen molar-refractivity contribution in [1.82, 2.24) is 15.2 Å². The number of anilines is 1. The predicted octanol–water partition coefficient (Wildman–Crippen LogP) is 6.42. The molecule has 2 heterocycles. The van der Waals surface area contributed by atoms with Gasteiger partial charge in [0.1, 0.15) is 4.88 Å². The Bertz CT molecular complexity index is 1380. The zero-order valence-electron chi connectivity index (χ0n) is 17.6. The average Bonchev–Trinajstić information content (AvgIpc) is 3.36. The van der Waals surface area contributed by atoms with E-state index in [0.717, 1.165) is 23.5 Å². The van der Waals surface area contributed by atoms with Gasteiger partial charge < -0.3 is 10.0 Å². The molecule has 0 saturated carbocycles. The van der Waals surface area contributed by atoms with Crippen molar-refractivity contribution in [1.29, 1.82) is 0 Å². The summed E-state index contributed by atoms with van der Waals surface area (Å²) in [5.74, 6) is -0.410. The number of H-pyrrole nitrogens is 1. The molecule has 0 spiro atoms. The minimum atomic E-state index is -5.04. The Labute approximate surface area is 193 Å². The summed E-state index contributed by atoms with van der Waals surface area (Å²) in [5, 5.41) is 18.2. The molecule has 0 atom stereocenters. The highest BCUT2D eigenvalue weighted by atomic mass is 32.1. The van der Waals surface area contributed by atoms with Crippen LogP contribution in [0.1, 0.15) is 27.1 Å². The topological polar surface area (TPSA) is 65.0 Å². The molecule has 0 aliphatic heterocycles. The zero-order chi connectivity index (χ0) is 24.8. The maximum absolute atomic E-state index is 13.8. The number of thiazole rings is 1. The van der Waals surface area contributed by atoms with Crippen molar-refractivity contribution in [2.75, 3.05) is 19.0 Å². The van der Waals surface area contributed by atoms with Crippen LogP contribution >= 0.6 is 11.3 Å². The second-order valence-electron chi connectivity index (χ2n) is 7.57. The fourth-order valence-corrected chi connectivity index (χ4v) is 4.24. The van der Waals surface area contributed by atoms with Crippen LogP contribution in [0.5, 0.6) is 5.88 Å². The van der Waals surface area contributed by atoms with Crippen molar-refractivity contribution in [3.05, 3.63) is 69.7 Å². The van der Waals surface area contributed by atoms with E-state index in [1.165, 1.54) is 6.20 Å². The quantitative estimate of drug-likeness (QED) is 0.252. The molecule has 0 aliphatic rings. The van der Waals surface area contributed by atoms with Gasteiger partial charge in [-0.1, -0.05) is 23.5 Å². The monoisotopic (exact) mass is 498 g/mol. The molecule has 178 valence electrons. The Morgan fingerprint density at radius 3 is 2.38 bits per heavy atom. The number of nitrogens with zero attached hydrogens (tertiary/aromatic N) is 3. The molecule has 0 fully saturated rings. The van der Waals surface area contributed by atoms with Gasteiger partial charge in [-0.2, -0.15) is 36.4 Å². The molecule has 4 rings (SSSR count). The highest BCUT2D eigenvalue weighted by Crippen LogP contribution is 2.43. The van der Waals surface area contributed by atoms with Gasteiger partial charge in [-0.15, -0.1) is 0 Å². The van der Waals surface area contributed by atoms with Crippen LogP contribution in [-0.4, -0.2) is 34.4 Å². The molecule has 0 aliphatic carbocycles. The molecule has 12 heteroatoms. The number of hydrogen-bond donors (Lipinski definition) is 2. The normalized spacial score (nSPS) is 13.0. The van der Waals surface area contributed by atoms with Crippen molar-refractivity contribution in [2.24, 2.45) is 0 Å². The summed E-state index contributed by atoms with van der Waals surface area (Å²) in [5.41, 5.74) is -2.07. The summed E-state index contributed by atoms with van der Waals surface area (Å²) < 4.78 is 80.5. The number of alkyl halides is 6. The van der Waals surface area contributed by atoms with E-state index < -0.39 is 34.9 Å². The second-order valence-corrected chi connectivity index (χ2v) is 8.55. The van der Waals surface area contributed by atoms with Gasteiger partial charge in [0.2, 0.25) is 5.88 Å². The van der Waals surface area contributed by atoms with Crippen LogP contribution in [0.25, 0.3) is 22.6 Å². The lowest BCUT2D eigenvalue weighted by molar-refractivity contribution is -0.143. The zero-order valence-corrected chi connectivity index (χ0v) is 18.4. The fourth-order valence-electron chi connectivity index (χ4n) is 3.32. The highest BCUT2D eigenvalue weighted by molar-refractivity contribution is 7.17. The van der Waals surface area contributed by atoms with Crippen LogP contribution in [-0.2, 0) is 12.4 Å². The first-order chi connectivity index (χ1) is 15.8. The lowest BCUT2D eigenvalue weighted by Crippen LogP contribution is -2.12. The van der Waals surface area contributed by atoms with Crippen LogP contribution in [0.2, 0.25) is 0 Å². The van der Waals surface area contributed by atoms with E-state index >= 15 is 0 Å². The maximum Gasteiger partial charge on any atom is 0.417 e. The minimum absolute atomic E-state index is 0.0838. The van der Waals surface area contributed by atoms with Gasteiger partial charge in [-0.05, 0) is 41.5 Å². The molecule has 0 bridgehead atoms. The second kappa shape index (κ2) is 8.35. The molecule has 2 N–H and O–H groups in total. The van der Waals surface area contributed by atoms with E-state index in [-0.39, 0.29) is 16.5 Å². The molecule has 5 nitrogen and oxygen atoms in total. The largest absolute Gasteiger partial charge is 0.492 e. The number of aromatic hydroxyl groups is 1. The van der Waals surface area contributed by atoms with E-state index in [2.05, 4.69) is 15.2 Å². The van der Waals surface area contributed by atoms with Gasteiger partial charge in [-0.3, -0.25) is 5.10 Å². The Hall–Kier alpha value is -3.54. The summed E-state index contributed by atoms with van der Waals surface area (Å²) in [4.78, 5) is 5.82. The number of hydrogen-bond acceptors (Lipinski definition) is 5. The third-order valence-electron chi connectivity index (χ3n) is 4.96. The Kier molecular flexibility index (Phi) is 5.80. The number of nitrogens with one attached hydrogen (secondary N) is 1. The molecular formula is C22H16F6N4OS. The molecule has 0 saturated heterocycles. The first kappa shape index (κ1) is 23.6. The van der Waals surface area contributed by atoms with E-state index in [9.17, 15) is 31.4 Å². The van der Waals surface area contributed by atoms with Crippen molar-refractivity contribution < 1.29 is 31.4 Å². The van der Waals surface area contributed by atoms with Crippen LogP contribution in [0.15, 0.2) is 42.6 Å². The van der Waals surface area contributed by atoms with Gasteiger partial charge in [0.05, 0.1) is 22.8 Å². The van der Waals surface area contributed by atoms with E-state index in [0.29, 0.717) is 27.7 Å². The lowest BCUT2D eigenvalue weighted by atomic mass is 9.96. The molecule has 4 aromatic rings. The standard InChI is InChI=1S/C22H16F6N4OS/c1-32(2)20-30-19(33)18(34-20)15(11-4-6-17-13(7-11)10-29-31-17)8-12-3-5-14(21(23,24)25)9-16(12)22(26,27)28/h3-10,33H,1-2H3,(H,29,31). The third-order valence-corrected chi connectivity index (χ3v) is 6.21. The maximum atomic E-state index is 13.8. The highest BCUT2D eigenvalue weighted by Gasteiger charge is 2.38. The molecule has 2 aromatic carbocycles. The number of aromatic amines is 1. The van der Waals surface area contributed by atoms with Crippen molar-refractivity contribution in [2.45, 2.75) is 12.4 Å². The van der Waals surface area contributed by atoms with Crippen molar-refractivity contribution in [3.8, 4) is 5.88 Å². The smallest absolute Gasteiger partial charge is 0.417 e. The van der Waals surface area contributed by atoms with Crippen LogP contribution in [0, 0.1) is 0 Å². The third kappa shape index (κ3) is 4.58. The summed E-state index contributed by atoms with van der Waals surface area (Å²) in [6.07, 6.45) is -7.35. The number of rotatable bonds is 4. The van der Waals surface area contributed by atoms with Gasteiger partial charge in [-0.25, -0.2) is 0 Å². The number of benzene rings is 2. The predicted molar refractivity (Wildman–Crippen MR) is 118 cm³/mol. The number of halogens is 6. The van der Waals surface area contributed by atoms with E-state index in [1.807, 2.05) is 0 Å². The van der Waals surface area contributed by atoms with E-state index in [4.69, 9.17) is 0 Å². The average molecular weight is 498 g/mol. The summed E-state index contributed by atoms with van der Waals surface area (Å²) in [7, 11) is 3.36. The van der Waals surface area contributed by atoms with Crippen LogP contribution in [0.4, 0.5) is 31.5 Å². The summed E-state index contributed by atoms with van der Waals surface area (Å²) in [6.45, 7) is 0. The first-order valence-corrected chi connectivity index (χ1v) is 10.5. The lowest BCUT2D eigenvalue weighted by Gasteiger charge is -2.15. The molecule has 0 radical (unpaired) electrons. The number of aromatic nitrogens is 3. The fraction of sp³-hybridized carbons (Fsp3) is 0.182. The van der Waals surface area contributed by atoms with E-state index in [1.54, 1.807) is 37.2 Å². The molecule has 2 aromatic heterocycles. The molecule has 0 unspecified atom stereocenters. The van der Waals surface area contributed by atoms with Gasteiger partial charge in [0.25, 0.3) is 0 Å². The van der Waals surface area contributed by atoms with Gasteiger partial charge in [0.15, 0.2) is 5.13 Å². The number of fused-ring (bicyclic) bond motifs is 1. The van der Waals surface area contributed by atoms with Crippen molar-refractivity contribution in [3.63, 3.8) is 0 Å². The molecular weight excluding hydrogens is 482 g/mol. The summed E-state index contributed by atoms with van der Waals surface area (Å²) in [6, 6.07) is 6.37. The van der Waals surface area contributed by atoms with Crippen molar-refractivity contribution >= 4 is 39.0 Å². The molecule has 34 heavy (non-hydrogen) atoms. The SMILES string of the molecule is CN(C)c1nc(O)c(C(=Cc2ccc(C(F)(F)F)cc2C(F)(F)F)c2ccc3[nH]ncc3c2)s1. The van der Waals surface area contributed by atoms with Crippen LogP contribution < -0.4 is 4.90 Å². The van der Waals surface area contributed by atoms with Crippen LogP contribution in [0.3, 0.4) is 0 Å². The minimum Gasteiger partial charge on any atom is -0.492 e. The Morgan fingerprint density at radius 2 is 1.76 bits per heavy atom. The van der Waals surface area contributed by atoms with Gasteiger partial charge >= 0.3 is 12.4 Å². The summed E-state index contributed by atoms with van der Waals surface area (Å²) >= 11 is 1.03.